The second-order valence-electron chi connectivity index (χ2n) is 2.87. The first kappa shape index (κ1) is 12.6. The van der Waals surface area contributed by atoms with Gasteiger partial charge in [-0.1, -0.05) is 6.58 Å². The molecular weight excluding hydrogens is 184 g/mol. The molecule has 0 fully saturated rings. The molecule has 0 radical (unpaired) electrons. The Morgan fingerprint density at radius 2 is 1.86 bits per heavy atom. The van der Waals surface area contributed by atoms with E-state index in [1.807, 2.05) is 0 Å². The lowest BCUT2D eigenvalue weighted by Gasteiger charge is -2.15. The van der Waals surface area contributed by atoms with Crippen molar-refractivity contribution < 1.29 is 19.0 Å². The molecule has 0 aromatic rings. The fourth-order valence-corrected chi connectivity index (χ4v) is 0.692. The van der Waals surface area contributed by atoms with Crippen LogP contribution in [-0.4, -0.2) is 18.4 Å². The number of hydrogen-bond acceptors (Lipinski definition) is 4. The van der Waals surface area contributed by atoms with Crippen molar-refractivity contribution >= 4 is 5.97 Å². The molecule has 4 heteroatoms. The molecule has 4 nitrogen and oxygen atoms in total. The van der Waals surface area contributed by atoms with Crippen molar-refractivity contribution in [3.63, 3.8) is 0 Å². The average molecular weight is 200 g/mol. The number of carbonyl (C=O) groups is 1. The first-order valence-corrected chi connectivity index (χ1v) is 4.30. The van der Waals surface area contributed by atoms with Crippen molar-refractivity contribution in [2.24, 2.45) is 0 Å². The number of esters is 1. The van der Waals surface area contributed by atoms with E-state index >= 15 is 0 Å². The largest absolute Gasteiger partial charge is 0.463 e. The second-order valence-corrected chi connectivity index (χ2v) is 2.87. The fraction of sp³-hybridized carbons (Fsp3) is 0.500. The van der Waals surface area contributed by atoms with Gasteiger partial charge in [-0.25, -0.2) is 4.79 Å². The van der Waals surface area contributed by atoms with E-state index < -0.39 is 12.3 Å². The van der Waals surface area contributed by atoms with Crippen LogP contribution in [-0.2, 0) is 19.0 Å². The Morgan fingerprint density at radius 1 is 1.29 bits per heavy atom. The summed E-state index contributed by atoms with van der Waals surface area (Å²) in [7, 11) is 0. The van der Waals surface area contributed by atoms with Gasteiger partial charge in [0.1, 0.15) is 0 Å². The summed E-state index contributed by atoms with van der Waals surface area (Å²) in [5, 5.41) is 0. The number of rotatable bonds is 6. The van der Waals surface area contributed by atoms with Crippen molar-refractivity contribution in [1.82, 2.24) is 0 Å². The molecule has 0 heterocycles. The van der Waals surface area contributed by atoms with Crippen LogP contribution in [0.1, 0.15) is 20.8 Å². The van der Waals surface area contributed by atoms with Crippen LogP contribution in [0.4, 0.5) is 0 Å². The van der Waals surface area contributed by atoms with Crippen molar-refractivity contribution in [2.75, 3.05) is 0 Å². The molecule has 1 unspecified atom stereocenters. The maximum absolute atomic E-state index is 11.2. The van der Waals surface area contributed by atoms with E-state index in [0.29, 0.717) is 0 Å². The topological polar surface area (TPSA) is 44.8 Å². The minimum absolute atomic E-state index is 0.0759. The summed E-state index contributed by atoms with van der Waals surface area (Å²) < 4.78 is 14.7. The van der Waals surface area contributed by atoms with Crippen molar-refractivity contribution in [2.45, 2.75) is 33.2 Å². The van der Waals surface area contributed by atoms with Gasteiger partial charge in [0.05, 0.1) is 12.4 Å². The molecule has 0 spiro atoms. The highest BCUT2D eigenvalue weighted by atomic mass is 16.7. The highest BCUT2D eigenvalue weighted by molar-refractivity contribution is 5.85. The van der Waals surface area contributed by atoms with E-state index in [-0.39, 0.29) is 11.9 Å². The number of ether oxygens (including phenoxy) is 3. The molecule has 0 aliphatic heterocycles. The van der Waals surface area contributed by atoms with Gasteiger partial charge in [0.25, 0.3) is 0 Å². The predicted octanol–water partition coefficient (Wildman–Crippen LogP) is 1.97. The Balaban J connectivity index is 3.95. The van der Waals surface area contributed by atoms with E-state index in [9.17, 15) is 4.79 Å². The Kier molecular flexibility index (Phi) is 5.44. The minimum atomic E-state index is -0.597. The molecule has 0 aromatic carbocycles. The van der Waals surface area contributed by atoms with Crippen LogP contribution < -0.4 is 0 Å². The summed E-state index contributed by atoms with van der Waals surface area (Å²) in [4.78, 5) is 11.2. The first-order valence-electron chi connectivity index (χ1n) is 4.30. The summed E-state index contributed by atoms with van der Waals surface area (Å²) >= 11 is 0. The molecule has 1 atom stereocenters. The smallest absolute Gasteiger partial charge is 0.373 e. The van der Waals surface area contributed by atoms with Crippen LogP contribution in [0.2, 0.25) is 0 Å². The van der Waals surface area contributed by atoms with Gasteiger partial charge in [0, 0.05) is 6.92 Å². The van der Waals surface area contributed by atoms with Gasteiger partial charge in [0.15, 0.2) is 0 Å². The van der Waals surface area contributed by atoms with Crippen molar-refractivity contribution in [1.29, 1.82) is 0 Å². The highest BCUT2D eigenvalue weighted by Crippen LogP contribution is 2.05. The van der Waals surface area contributed by atoms with E-state index in [4.69, 9.17) is 14.2 Å². The quantitative estimate of drug-likeness (QED) is 0.284. The average Bonchev–Trinajstić information content (AvgIpc) is 2.02. The Hall–Kier alpha value is -1.45. The van der Waals surface area contributed by atoms with Gasteiger partial charge in [-0.05, 0) is 20.4 Å². The minimum Gasteiger partial charge on any atom is -0.463 e. The fourth-order valence-electron chi connectivity index (χ4n) is 0.692. The SMILES string of the molecule is C=COC(C)OC(=C)C(=O)OC(C)C. The summed E-state index contributed by atoms with van der Waals surface area (Å²) in [6, 6.07) is 0. The Labute approximate surface area is 84.1 Å². The Morgan fingerprint density at radius 3 is 2.29 bits per heavy atom. The number of carbonyl (C=O) groups excluding carboxylic acids is 1. The van der Waals surface area contributed by atoms with Gasteiger partial charge in [0.2, 0.25) is 12.0 Å². The van der Waals surface area contributed by atoms with E-state index in [1.165, 1.54) is 6.26 Å². The maximum atomic E-state index is 11.2. The predicted molar refractivity (Wildman–Crippen MR) is 52.2 cm³/mol. The molecule has 0 saturated carbocycles. The van der Waals surface area contributed by atoms with Gasteiger partial charge in [-0.2, -0.15) is 0 Å². The molecule has 0 rings (SSSR count). The summed E-state index contributed by atoms with van der Waals surface area (Å²) in [5.74, 6) is -0.660. The molecule has 0 aliphatic rings. The van der Waals surface area contributed by atoms with Crippen molar-refractivity contribution in [3.05, 3.63) is 25.2 Å². The van der Waals surface area contributed by atoms with Gasteiger partial charge in [-0.3, -0.25) is 0 Å². The maximum Gasteiger partial charge on any atom is 0.373 e. The van der Waals surface area contributed by atoms with Crippen LogP contribution in [0.25, 0.3) is 0 Å². The molecule has 14 heavy (non-hydrogen) atoms. The number of hydrogen-bond donors (Lipinski definition) is 0. The van der Waals surface area contributed by atoms with Crippen LogP contribution in [0.15, 0.2) is 25.2 Å². The van der Waals surface area contributed by atoms with E-state index in [0.717, 1.165) is 0 Å². The zero-order chi connectivity index (χ0) is 11.1. The zero-order valence-corrected chi connectivity index (χ0v) is 8.78. The summed E-state index contributed by atoms with van der Waals surface area (Å²) in [5.41, 5.74) is 0. The second kappa shape index (κ2) is 6.07. The summed E-state index contributed by atoms with van der Waals surface area (Å²) in [6.07, 6.45) is 0.435. The van der Waals surface area contributed by atoms with Gasteiger partial charge >= 0.3 is 5.97 Å². The lowest BCUT2D eigenvalue weighted by Crippen LogP contribution is -2.18. The molecule has 80 valence electrons. The van der Waals surface area contributed by atoms with Crippen molar-refractivity contribution in [3.8, 4) is 0 Å². The van der Waals surface area contributed by atoms with E-state index in [1.54, 1.807) is 20.8 Å². The zero-order valence-electron chi connectivity index (χ0n) is 8.78. The van der Waals surface area contributed by atoms with Gasteiger partial charge < -0.3 is 14.2 Å². The summed E-state index contributed by atoms with van der Waals surface area (Å²) in [6.45, 7) is 11.9. The Bertz CT molecular complexity index is 220. The lowest BCUT2D eigenvalue weighted by molar-refractivity contribution is -0.152. The molecule has 0 bridgehead atoms. The third-order valence-electron chi connectivity index (χ3n) is 1.17. The molecular formula is C10H16O4. The van der Waals surface area contributed by atoms with Crippen LogP contribution >= 0.6 is 0 Å². The molecule has 0 N–H and O–H groups in total. The lowest BCUT2D eigenvalue weighted by atomic mass is 10.4. The molecule has 0 aliphatic carbocycles. The first-order chi connectivity index (χ1) is 6.47. The standard InChI is InChI=1S/C10H16O4/c1-6-12-9(5)14-8(4)10(11)13-7(2)3/h6-7,9H,1,4H2,2-3,5H3. The molecule has 0 aromatic heterocycles. The van der Waals surface area contributed by atoms with Crippen LogP contribution in [0, 0.1) is 0 Å². The normalized spacial score (nSPS) is 11.7. The van der Waals surface area contributed by atoms with E-state index in [2.05, 4.69) is 13.2 Å². The van der Waals surface area contributed by atoms with Crippen LogP contribution in [0.5, 0.6) is 0 Å². The molecule has 0 saturated heterocycles. The monoisotopic (exact) mass is 200 g/mol. The van der Waals surface area contributed by atoms with Gasteiger partial charge in [-0.15, -0.1) is 0 Å². The molecule has 0 amide bonds. The highest BCUT2D eigenvalue weighted by Gasteiger charge is 2.14. The van der Waals surface area contributed by atoms with Crippen LogP contribution in [0.3, 0.4) is 0 Å². The third kappa shape index (κ3) is 5.24. The third-order valence-corrected chi connectivity index (χ3v) is 1.17.